The summed E-state index contributed by atoms with van der Waals surface area (Å²) >= 11 is 8.50. The Hall–Kier alpha value is -1.92. The van der Waals surface area contributed by atoms with E-state index in [0.29, 0.717) is 18.2 Å². The van der Waals surface area contributed by atoms with Gasteiger partial charge in [0.05, 0.1) is 10.7 Å². The van der Waals surface area contributed by atoms with E-state index >= 15 is 0 Å². The van der Waals surface area contributed by atoms with Crippen molar-refractivity contribution in [3.05, 3.63) is 85.9 Å². The van der Waals surface area contributed by atoms with Gasteiger partial charge in [-0.3, -0.25) is 0 Å². The van der Waals surface area contributed by atoms with Crippen LogP contribution in [0.3, 0.4) is 0 Å². The molecule has 140 valence electrons. The first-order valence-corrected chi connectivity index (χ1v) is 10.1. The third-order valence-corrected chi connectivity index (χ3v) is 5.34. The molecule has 0 atom stereocenters. The lowest BCUT2D eigenvalue weighted by atomic mass is 10.2. The molecule has 3 nitrogen and oxygen atoms in total. The molecule has 0 amide bonds. The SMILES string of the molecule is COc1cc(CNc2ccc(C)cc2)cc(I)c1OCc1ccccc1Cl. The molecule has 0 aliphatic carbocycles. The smallest absolute Gasteiger partial charge is 0.174 e. The Morgan fingerprint density at radius 2 is 1.78 bits per heavy atom. The van der Waals surface area contributed by atoms with Gasteiger partial charge in [0.15, 0.2) is 11.5 Å². The summed E-state index contributed by atoms with van der Waals surface area (Å²) in [4.78, 5) is 0. The minimum Gasteiger partial charge on any atom is -0.493 e. The Labute approximate surface area is 178 Å². The van der Waals surface area contributed by atoms with Crippen LogP contribution in [0.4, 0.5) is 5.69 Å². The van der Waals surface area contributed by atoms with Gasteiger partial charge in [0, 0.05) is 22.8 Å². The van der Waals surface area contributed by atoms with Gasteiger partial charge in [-0.05, 0) is 65.4 Å². The van der Waals surface area contributed by atoms with Crippen LogP contribution < -0.4 is 14.8 Å². The Morgan fingerprint density at radius 3 is 2.48 bits per heavy atom. The second-order valence-corrected chi connectivity index (χ2v) is 7.78. The Balaban J connectivity index is 1.72. The molecule has 0 aliphatic rings. The van der Waals surface area contributed by atoms with Crippen molar-refractivity contribution in [1.82, 2.24) is 0 Å². The first kappa shape index (κ1) is 19.8. The summed E-state index contributed by atoms with van der Waals surface area (Å²) in [6.45, 7) is 3.19. The van der Waals surface area contributed by atoms with Crippen molar-refractivity contribution in [2.45, 2.75) is 20.1 Å². The largest absolute Gasteiger partial charge is 0.493 e. The highest BCUT2D eigenvalue weighted by molar-refractivity contribution is 14.1. The molecule has 3 rings (SSSR count). The predicted octanol–water partition coefficient (Wildman–Crippen LogP) is 6.45. The lowest BCUT2D eigenvalue weighted by molar-refractivity contribution is 0.282. The first-order valence-electron chi connectivity index (χ1n) is 8.60. The zero-order chi connectivity index (χ0) is 19.2. The molecule has 3 aromatic rings. The van der Waals surface area contributed by atoms with Crippen molar-refractivity contribution in [3.8, 4) is 11.5 Å². The van der Waals surface area contributed by atoms with E-state index in [0.717, 1.165) is 31.9 Å². The van der Waals surface area contributed by atoms with Gasteiger partial charge in [-0.25, -0.2) is 0 Å². The third-order valence-electron chi connectivity index (χ3n) is 4.17. The van der Waals surface area contributed by atoms with Crippen LogP contribution in [-0.2, 0) is 13.2 Å². The average molecular weight is 494 g/mol. The van der Waals surface area contributed by atoms with E-state index in [1.165, 1.54) is 5.56 Å². The van der Waals surface area contributed by atoms with Crippen LogP contribution in [0.15, 0.2) is 60.7 Å². The molecule has 0 aromatic heterocycles. The fourth-order valence-electron chi connectivity index (χ4n) is 2.66. The summed E-state index contributed by atoms with van der Waals surface area (Å²) in [5.74, 6) is 1.45. The molecule has 0 heterocycles. The predicted molar refractivity (Wildman–Crippen MR) is 120 cm³/mol. The summed E-state index contributed by atoms with van der Waals surface area (Å²) in [5, 5.41) is 4.13. The minimum atomic E-state index is 0.396. The molecule has 0 aliphatic heterocycles. The minimum absolute atomic E-state index is 0.396. The Morgan fingerprint density at radius 1 is 1.04 bits per heavy atom. The van der Waals surface area contributed by atoms with Crippen molar-refractivity contribution in [2.75, 3.05) is 12.4 Å². The molecule has 0 bridgehead atoms. The van der Waals surface area contributed by atoms with Crippen LogP contribution in [0.25, 0.3) is 0 Å². The molecule has 0 unspecified atom stereocenters. The summed E-state index contributed by atoms with van der Waals surface area (Å²) in [6, 6.07) is 20.1. The van der Waals surface area contributed by atoms with Gasteiger partial charge >= 0.3 is 0 Å². The molecule has 27 heavy (non-hydrogen) atoms. The molecule has 1 N–H and O–H groups in total. The number of aryl methyl sites for hydroxylation is 1. The molecular formula is C22H21ClINO2. The van der Waals surface area contributed by atoms with Gasteiger partial charge in [-0.1, -0.05) is 47.5 Å². The van der Waals surface area contributed by atoms with E-state index in [9.17, 15) is 0 Å². The van der Waals surface area contributed by atoms with Gasteiger partial charge in [0.2, 0.25) is 0 Å². The van der Waals surface area contributed by atoms with Crippen molar-refractivity contribution < 1.29 is 9.47 Å². The maximum Gasteiger partial charge on any atom is 0.174 e. The van der Waals surface area contributed by atoms with Gasteiger partial charge in [-0.15, -0.1) is 0 Å². The molecule has 0 saturated heterocycles. The van der Waals surface area contributed by atoms with Gasteiger partial charge < -0.3 is 14.8 Å². The monoisotopic (exact) mass is 493 g/mol. The molecule has 0 fully saturated rings. The molecular weight excluding hydrogens is 473 g/mol. The number of nitrogens with one attached hydrogen (secondary N) is 1. The quantitative estimate of drug-likeness (QED) is 0.384. The molecule has 3 aromatic carbocycles. The summed E-state index contributed by atoms with van der Waals surface area (Å²) in [7, 11) is 1.66. The lowest BCUT2D eigenvalue weighted by Crippen LogP contribution is -2.04. The number of halogens is 2. The highest BCUT2D eigenvalue weighted by atomic mass is 127. The van der Waals surface area contributed by atoms with Gasteiger partial charge in [-0.2, -0.15) is 0 Å². The van der Waals surface area contributed by atoms with Crippen molar-refractivity contribution in [3.63, 3.8) is 0 Å². The molecule has 5 heteroatoms. The average Bonchev–Trinajstić information content (AvgIpc) is 2.67. The lowest BCUT2D eigenvalue weighted by Gasteiger charge is -2.15. The highest BCUT2D eigenvalue weighted by Gasteiger charge is 2.13. The third kappa shape index (κ3) is 5.30. The van der Waals surface area contributed by atoms with Gasteiger partial charge in [0.25, 0.3) is 0 Å². The number of hydrogen-bond acceptors (Lipinski definition) is 3. The normalized spacial score (nSPS) is 10.5. The standard InChI is InChI=1S/C22H21ClINO2/c1-15-7-9-18(10-8-15)25-13-16-11-20(24)22(21(12-16)26-2)27-14-17-5-3-4-6-19(17)23/h3-12,25H,13-14H2,1-2H3. The number of benzene rings is 3. The van der Waals surface area contributed by atoms with Crippen molar-refractivity contribution in [2.24, 2.45) is 0 Å². The van der Waals surface area contributed by atoms with E-state index < -0.39 is 0 Å². The fourth-order valence-corrected chi connectivity index (χ4v) is 3.67. The van der Waals surface area contributed by atoms with Crippen LogP contribution in [0, 0.1) is 10.5 Å². The van der Waals surface area contributed by atoms with Crippen LogP contribution in [0.2, 0.25) is 5.02 Å². The van der Waals surface area contributed by atoms with Crippen LogP contribution >= 0.6 is 34.2 Å². The summed E-state index contributed by atoms with van der Waals surface area (Å²) in [5.41, 5.74) is 4.41. The number of hydrogen-bond donors (Lipinski definition) is 1. The second-order valence-electron chi connectivity index (χ2n) is 6.21. The first-order chi connectivity index (χ1) is 13.1. The number of rotatable bonds is 7. The van der Waals surface area contributed by atoms with E-state index in [-0.39, 0.29) is 0 Å². The molecule has 0 radical (unpaired) electrons. The zero-order valence-electron chi connectivity index (χ0n) is 15.3. The number of anilines is 1. The maximum atomic E-state index is 6.22. The highest BCUT2D eigenvalue weighted by Crippen LogP contribution is 2.35. The van der Waals surface area contributed by atoms with E-state index in [2.05, 4.69) is 65.2 Å². The van der Waals surface area contributed by atoms with Gasteiger partial charge in [0.1, 0.15) is 6.61 Å². The Bertz CT molecular complexity index is 913. The van der Waals surface area contributed by atoms with E-state index in [1.807, 2.05) is 30.3 Å². The maximum absolute atomic E-state index is 6.22. The Kier molecular flexibility index (Phi) is 6.85. The molecule has 0 spiro atoms. The van der Waals surface area contributed by atoms with Crippen molar-refractivity contribution in [1.29, 1.82) is 0 Å². The number of methoxy groups -OCH3 is 1. The topological polar surface area (TPSA) is 30.5 Å². The number of ether oxygens (including phenoxy) is 2. The van der Waals surface area contributed by atoms with E-state index in [4.69, 9.17) is 21.1 Å². The second kappa shape index (κ2) is 9.33. The fraction of sp³-hybridized carbons (Fsp3) is 0.182. The van der Waals surface area contributed by atoms with E-state index in [1.54, 1.807) is 7.11 Å². The zero-order valence-corrected chi connectivity index (χ0v) is 18.2. The molecule has 0 saturated carbocycles. The van der Waals surface area contributed by atoms with Crippen LogP contribution in [-0.4, -0.2) is 7.11 Å². The summed E-state index contributed by atoms with van der Waals surface area (Å²) < 4.78 is 12.6. The van der Waals surface area contributed by atoms with Crippen LogP contribution in [0.5, 0.6) is 11.5 Å². The van der Waals surface area contributed by atoms with Crippen molar-refractivity contribution >= 4 is 39.9 Å². The summed E-state index contributed by atoms with van der Waals surface area (Å²) in [6.07, 6.45) is 0. The van der Waals surface area contributed by atoms with Crippen LogP contribution in [0.1, 0.15) is 16.7 Å².